The van der Waals surface area contributed by atoms with E-state index in [1.807, 2.05) is 0 Å². The van der Waals surface area contributed by atoms with Gasteiger partial charge in [0.2, 0.25) is 0 Å². The molecule has 0 bridgehead atoms. The molecule has 1 aliphatic carbocycles. The van der Waals surface area contributed by atoms with Crippen LogP contribution in [0.5, 0.6) is 0 Å². The fourth-order valence-corrected chi connectivity index (χ4v) is 1.82. The third-order valence-corrected chi connectivity index (χ3v) is 2.49. The second-order valence-corrected chi connectivity index (χ2v) is 3.10. The van der Waals surface area contributed by atoms with Gasteiger partial charge in [-0.15, -0.1) is 0 Å². The molecular formula is C7H13NO2. The van der Waals surface area contributed by atoms with Crippen molar-refractivity contribution in [3.63, 3.8) is 0 Å². The van der Waals surface area contributed by atoms with Crippen LogP contribution in [-0.2, 0) is 9.47 Å². The van der Waals surface area contributed by atoms with Crippen LogP contribution in [-0.4, -0.2) is 25.5 Å². The van der Waals surface area contributed by atoms with Crippen molar-refractivity contribution in [2.24, 2.45) is 11.7 Å². The minimum atomic E-state index is 0.310. The van der Waals surface area contributed by atoms with Crippen LogP contribution in [0.1, 0.15) is 12.8 Å². The zero-order valence-electron chi connectivity index (χ0n) is 5.95. The third kappa shape index (κ3) is 0.944. The van der Waals surface area contributed by atoms with Crippen LogP contribution in [0.2, 0.25) is 0 Å². The summed E-state index contributed by atoms with van der Waals surface area (Å²) in [6.07, 6.45) is 2.61. The first-order valence-corrected chi connectivity index (χ1v) is 3.83. The van der Waals surface area contributed by atoms with Gasteiger partial charge in [0, 0.05) is 12.0 Å². The molecule has 3 atom stereocenters. The Kier molecular flexibility index (Phi) is 1.64. The first-order chi connectivity index (χ1) is 4.88. The zero-order chi connectivity index (χ0) is 6.97. The van der Waals surface area contributed by atoms with E-state index < -0.39 is 0 Å². The zero-order valence-corrected chi connectivity index (χ0v) is 5.95. The molecular weight excluding hydrogens is 130 g/mol. The molecule has 10 heavy (non-hydrogen) atoms. The maximum atomic E-state index is 5.83. The predicted molar refractivity (Wildman–Crippen MR) is 36.4 cm³/mol. The van der Waals surface area contributed by atoms with Crippen LogP contribution in [0.15, 0.2) is 0 Å². The molecule has 2 rings (SSSR count). The van der Waals surface area contributed by atoms with E-state index in [1.165, 1.54) is 0 Å². The third-order valence-electron chi connectivity index (χ3n) is 2.49. The maximum absolute atomic E-state index is 5.83. The second-order valence-electron chi connectivity index (χ2n) is 3.10. The van der Waals surface area contributed by atoms with E-state index in [4.69, 9.17) is 15.2 Å². The summed E-state index contributed by atoms with van der Waals surface area (Å²) in [5.41, 5.74) is 5.83. The minimum absolute atomic E-state index is 0.310. The van der Waals surface area contributed by atoms with E-state index >= 15 is 0 Å². The smallest absolute Gasteiger partial charge is 0.147 e. The van der Waals surface area contributed by atoms with Crippen LogP contribution in [0.25, 0.3) is 0 Å². The summed E-state index contributed by atoms with van der Waals surface area (Å²) in [6, 6.07) is 0.310. The molecule has 0 aromatic rings. The lowest BCUT2D eigenvalue weighted by Gasteiger charge is -2.27. The lowest BCUT2D eigenvalue weighted by atomic mass is 10.0. The molecule has 1 aliphatic heterocycles. The normalized spacial score (nSPS) is 47.1. The number of ether oxygens (including phenoxy) is 2. The number of nitrogens with two attached hydrogens (primary N) is 1. The topological polar surface area (TPSA) is 44.5 Å². The van der Waals surface area contributed by atoms with Gasteiger partial charge in [0.05, 0.1) is 12.7 Å². The van der Waals surface area contributed by atoms with Crippen molar-refractivity contribution in [3.05, 3.63) is 0 Å². The summed E-state index contributed by atoms with van der Waals surface area (Å²) in [7, 11) is 0. The quantitative estimate of drug-likeness (QED) is 0.523. The van der Waals surface area contributed by atoms with Crippen molar-refractivity contribution in [2.75, 3.05) is 13.4 Å². The summed E-state index contributed by atoms with van der Waals surface area (Å²) in [5, 5.41) is 0. The van der Waals surface area contributed by atoms with Gasteiger partial charge in [-0.25, -0.2) is 0 Å². The highest BCUT2D eigenvalue weighted by Crippen LogP contribution is 2.29. The summed E-state index contributed by atoms with van der Waals surface area (Å²) in [4.78, 5) is 0. The van der Waals surface area contributed by atoms with E-state index in [9.17, 15) is 0 Å². The molecule has 2 fully saturated rings. The van der Waals surface area contributed by atoms with Gasteiger partial charge in [0.15, 0.2) is 0 Å². The van der Waals surface area contributed by atoms with Crippen molar-refractivity contribution in [1.82, 2.24) is 0 Å². The monoisotopic (exact) mass is 143 g/mol. The van der Waals surface area contributed by atoms with E-state index in [0.29, 0.717) is 24.9 Å². The molecule has 58 valence electrons. The number of hydrogen-bond donors (Lipinski definition) is 1. The van der Waals surface area contributed by atoms with E-state index in [2.05, 4.69) is 0 Å². The van der Waals surface area contributed by atoms with E-state index in [0.717, 1.165) is 19.4 Å². The summed E-state index contributed by atoms with van der Waals surface area (Å²) >= 11 is 0. The molecule has 3 heteroatoms. The molecule has 1 saturated heterocycles. The average Bonchev–Trinajstić information content (AvgIpc) is 2.34. The van der Waals surface area contributed by atoms with Gasteiger partial charge >= 0.3 is 0 Å². The van der Waals surface area contributed by atoms with Gasteiger partial charge in [0.1, 0.15) is 6.79 Å². The molecule has 0 radical (unpaired) electrons. The molecule has 0 aromatic heterocycles. The summed E-state index contributed by atoms with van der Waals surface area (Å²) < 4.78 is 10.5. The number of hydrogen-bond acceptors (Lipinski definition) is 3. The van der Waals surface area contributed by atoms with Crippen LogP contribution in [0.3, 0.4) is 0 Å². The van der Waals surface area contributed by atoms with Gasteiger partial charge in [-0.05, 0) is 12.8 Å². The Morgan fingerprint density at radius 3 is 3.00 bits per heavy atom. The fourth-order valence-electron chi connectivity index (χ4n) is 1.82. The minimum Gasteiger partial charge on any atom is -0.355 e. The van der Waals surface area contributed by atoms with Crippen LogP contribution >= 0.6 is 0 Å². The molecule has 1 saturated carbocycles. The summed E-state index contributed by atoms with van der Waals surface area (Å²) in [6.45, 7) is 1.26. The highest BCUT2D eigenvalue weighted by atomic mass is 16.7. The molecule has 2 aliphatic rings. The Morgan fingerprint density at radius 1 is 1.30 bits per heavy atom. The first kappa shape index (κ1) is 6.58. The molecule has 3 unspecified atom stereocenters. The lowest BCUT2D eigenvalue weighted by Crippen LogP contribution is -2.38. The lowest BCUT2D eigenvalue weighted by molar-refractivity contribution is -0.161. The van der Waals surface area contributed by atoms with Crippen molar-refractivity contribution >= 4 is 0 Å². The second kappa shape index (κ2) is 2.49. The Labute approximate surface area is 60.5 Å². The van der Waals surface area contributed by atoms with Gasteiger partial charge in [-0.1, -0.05) is 0 Å². The van der Waals surface area contributed by atoms with Gasteiger partial charge in [0.25, 0.3) is 0 Å². The number of fused-ring (bicyclic) bond motifs is 1. The SMILES string of the molecule is NC1CCC2OCOCC12. The van der Waals surface area contributed by atoms with Crippen molar-refractivity contribution < 1.29 is 9.47 Å². The van der Waals surface area contributed by atoms with Gasteiger partial charge in [-0.3, -0.25) is 0 Å². The van der Waals surface area contributed by atoms with Gasteiger partial charge in [-0.2, -0.15) is 0 Å². The Balaban J connectivity index is 2.01. The fraction of sp³-hybridized carbons (Fsp3) is 1.00. The molecule has 0 aromatic carbocycles. The van der Waals surface area contributed by atoms with Crippen molar-refractivity contribution in [1.29, 1.82) is 0 Å². The standard InChI is InChI=1S/C7H13NO2/c8-6-1-2-7-5(6)3-9-4-10-7/h5-7H,1-4,8H2. The van der Waals surface area contributed by atoms with Gasteiger partial charge < -0.3 is 15.2 Å². The largest absolute Gasteiger partial charge is 0.355 e. The Bertz CT molecular complexity index is 127. The van der Waals surface area contributed by atoms with Crippen molar-refractivity contribution in [3.8, 4) is 0 Å². The predicted octanol–water partition coefficient (Wildman–Crippen LogP) is 0.0966. The first-order valence-electron chi connectivity index (χ1n) is 3.83. The van der Waals surface area contributed by atoms with Crippen LogP contribution in [0.4, 0.5) is 0 Å². The van der Waals surface area contributed by atoms with Crippen molar-refractivity contribution in [2.45, 2.75) is 25.0 Å². The molecule has 3 nitrogen and oxygen atoms in total. The maximum Gasteiger partial charge on any atom is 0.147 e. The number of rotatable bonds is 0. The van der Waals surface area contributed by atoms with Crippen LogP contribution in [0, 0.1) is 5.92 Å². The Morgan fingerprint density at radius 2 is 2.20 bits per heavy atom. The van der Waals surface area contributed by atoms with E-state index in [1.54, 1.807) is 0 Å². The van der Waals surface area contributed by atoms with Crippen LogP contribution < -0.4 is 5.73 Å². The molecule has 2 N–H and O–H groups in total. The highest BCUT2D eigenvalue weighted by molar-refractivity contribution is 4.89. The molecule has 0 spiro atoms. The van der Waals surface area contributed by atoms with E-state index in [-0.39, 0.29) is 0 Å². The molecule has 0 amide bonds. The highest BCUT2D eigenvalue weighted by Gasteiger charge is 2.36. The summed E-state index contributed by atoms with van der Waals surface area (Å²) in [5.74, 6) is 0.466. The Hall–Kier alpha value is -0.120. The molecule has 1 heterocycles. The average molecular weight is 143 g/mol.